The Morgan fingerprint density at radius 2 is 2.27 bits per heavy atom. The van der Waals surface area contributed by atoms with Gasteiger partial charge in [0.1, 0.15) is 0 Å². The molecule has 1 atom stereocenters. The van der Waals surface area contributed by atoms with Crippen molar-refractivity contribution in [3.8, 4) is 0 Å². The molecule has 1 nitrogen and oxygen atoms in total. The van der Waals surface area contributed by atoms with E-state index < -0.39 is 0 Å². The molecule has 2 rings (SSSR count). The molecule has 1 aromatic rings. The Morgan fingerprint density at radius 3 is 3.00 bits per heavy atom. The molecule has 1 aliphatic heterocycles. The molecule has 1 N–H and O–H groups in total. The molecule has 0 saturated heterocycles. The molecule has 1 aromatic carbocycles. The molecular weight excluding hydrogens is 531 g/mol. The predicted octanol–water partition coefficient (Wildman–Crippen LogP) is 1.21. The molecule has 0 aromatic heterocycles. The molecule has 1 unspecified atom stereocenters. The van der Waals surface area contributed by atoms with Crippen LogP contribution in [0.3, 0.4) is 0 Å². The molecule has 4 heteroatoms. The van der Waals surface area contributed by atoms with Crippen molar-refractivity contribution in [1.29, 1.82) is 0 Å². The molecule has 11 heavy (non-hydrogen) atoms. The second-order valence-electron chi connectivity index (χ2n) is 2.54. The minimum atomic E-state index is 0.759. The van der Waals surface area contributed by atoms with Crippen LogP contribution in [0.5, 0.6) is 0 Å². The summed E-state index contributed by atoms with van der Waals surface area (Å²) in [5, 5.41) is 3.56. The number of benzene rings is 1. The minimum absolute atomic E-state index is 0.759. The predicted molar refractivity (Wildman–Crippen MR) is 39.3 cm³/mol. The average molecular weight is 536 g/mol. The number of hydrogen-bond donors (Lipinski definition) is 1. The van der Waals surface area contributed by atoms with E-state index in [1.54, 1.807) is 3.07 Å². The van der Waals surface area contributed by atoms with Crippen LogP contribution in [-0.4, -0.2) is 2.88 Å². The van der Waals surface area contributed by atoms with Crippen molar-refractivity contribution >= 4 is 20.5 Å². The van der Waals surface area contributed by atoms with Crippen molar-refractivity contribution in [2.75, 3.05) is 5.32 Å². The third kappa shape index (κ3) is 1.78. The Bertz CT molecular complexity index is 290. The number of fused-ring (bicyclic) bond motifs is 1. The number of para-hydroxylation sites is 1. The second kappa shape index (κ2) is 3.54. The summed E-state index contributed by atoms with van der Waals surface area (Å²) < 4.78 is 2.33. The number of nitrogens with one attached hydrogen (secondary N) is 1. The first-order chi connectivity index (χ1) is 5.27. The average Bonchev–Trinajstić information content (AvgIpc) is 2.31. The van der Waals surface area contributed by atoms with Gasteiger partial charge in [0.25, 0.3) is 0 Å². The van der Waals surface area contributed by atoms with E-state index >= 15 is 0 Å². The zero-order valence-corrected chi connectivity index (χ0v) is 17.9. The van der Waals surface area contributed by atoms with E-state index in [0.29, 0.717) is 0 Å². The third-order valence-corrected chi connectivity index (χ3v) is 7.71. The Morgan fingerprint density at radius 1 is 1.45 bits per heavy atom. The van der Waals surface area contributed by atoms with Crippen molar-refractivity contribution in [2.24, 2.45) is 0 Å². The Kier molecular flexibility index (Phi) is 2.84. The molecule has 0 radical (unpaired) electrons. The fraction of sp³-hybridized carbons (Fsp3) is 0.143. The Balaban J connectivity index is 2.49. The normalized spacial score (nSPS) is 21.3. The zero-order chi connectivity index (χ0) is 7.84. The van der Waals surface area contributed by atoms with Crippen molar-refractivity contribution < 1.29 is 52.2 Å². The van der Waals surface area contributed by atoms with Crippen LogP contribution in [0.2, 0.25) is 0 Å². The van der Waals surface area contributed by atoms with Crippen LogP contribution in [0.4, 0.5) is 5.69 Å². The summed E-state index contributed by atoms with van der Waals surface area (Å²) in [6.07, 6.45) is 0. The van der Waals surface area contributed by atoms with Crippen molar-refractivity contribution in [2.45, 2.75) is 7.78 Å². The molecule has 0 saturated carbocycles. The van der Waals surface area contributed by atoms with E-state index in [1.807, 2.05) is 11.8 Å². The quantitative estimate of drug-likeness (QED) is 0.501. The fourth-order valence-electron chi connectivity index (χ4n) is 1.18. The number of anilines is 1. The van der Waals surface area contributed by atoms with Crippen LogP contribution in [0, 0.1) is 0 Å². The number of rotatable bonds is 0. The van der Waals surface area contributed by atoms with Gasteiger partial charge in [-0.1, -0.05) is 0 Å². The molecule has 0 bridgehead atoms. The van der Waals surface area contributed by atoms with Gasteiger partial charge < -0.3 is 0 Å². The second-order valence-corrected chi connectivity index (χ2v) is 12.2. The van der Waals surface area contributed by atoms with E-state index in [-0.39, 0.29) is 0 Å². The standard InChI is InChI=1S/C7H5NS.2Hg/c1-2-4-7-6(3-1)8-5-9-7;;/h1-2,4-5,8H;;/q;2*+1. The van der Waals surface area contributed by atoms with Crippen LogP contribution in [0.15, 0.2) is 23.1 Å². The van der Waals surface area contributed by atoms with E-state index in [4.69, 9.17) is 0 Å². The summed E-state index contributed by atoms with van der Waals surface area (Å²) in [5.74, 6) is 0. The summed E-state index contributed by atoms with van der Waals surface area (Å²) in [4.78, 5) is 1.48. The van der Waals surface area contributed by atoms with Crippen LogP contribution in [-0.2, 0) is 52.2 Å². The van der Waals surface area contributed by atoms with Crippen LogP contribution in [0.1, 0.15) is 0 Å². The van der Waals surface area contributed by atoms with Crippen molar-refractivity contribution in [1.82, 2.24) is 0 Å². The molecule has 46 valence electrons. The van der Waals surface area contributed by atoms with Gasteiger partial charge in [-0.15, -0.1) is 0 Å². The molecule has 1 heterocycles. The summed E-state index contributed by atoms with van der Waals surface area (Å²) in [5.41, 5.74) is 1.46. The first kappa shape index (κ1) is 8.82. The van der Waals surface area contributed by atoms with Gasteiger partial charge in [-0.05, 0) is 0 Å². The summed E-state index contributed by atoms with van der Waals surface area (Å²) in [6.45, 7) is 0. The molecule has 0 spiro atoms. The van der Waals surface area contributed by atoms with E-state index in [1.165, 1.54) is 10.6 Å². The molecular formula is C7H5Hg2NS+2. The van der Waals surface area contributed by atoms with E-state index in [9.17, 15) is 0 Å². The van der Waals surface area contributed by atoms with Gasteiger partial charge in [-0.25, -0.2) is 0 Å². The van der Waals surface area contributed by atoms with E-state index in [0.717, 1.165) is 55.1 Å². The summed E-state index contributed by atoms with van der Waals surface area (Å²) in [7, 11) is 0. The maximum atomic E-state index is 3.56. The van der Waals surface area contributed by atoms with Crippen molar-refractivity contribution in [3.05, 3.63) is 18.2 Å². The van der Waals surface area contributed by atoms with Crippen molar-refractivity contribution in [3.63, 3.8) is 0 Å². The van der Waals surface area contributed by atoms with Gasteiger partial charge in [0.05, 0.1) is 0 Å². The van der Waals surface area contributed by atoms with Gasteiger partial charge in [-0.2, -0.15) is 0 Å². The first-order valence-corrected chi connectivity index (χ1v) is 10.3. The summed E-state index contributed by atoms with van der Waals surface area (Å²) in [6, 6.07) is 6.67. The maximum absolute atomic E-state index is 3.56. The molecule has 0 aliphatic carbocycles. The van der Waals surface area contributed by atoms with Crippen LogP contribution < -0.4 is 8.39 Å². The van der Waals surface area contributed by atoms with Gasteiger partial charge in [0.15, 0.2) is 0 Å². The molecule has 0 fully saturated rings. The Hall–Kier alpha value is 1.24. The fourth-order valence-corrected chi connectivity index (χ4v) is 7.18. The van der Waals surface area contributed by atoms with Crippen LogP contribution in [0.25, 0.3) is 0 Å². The molecule has 1 aliphatic rings. The molecule has 0 amide bonds. The number of thioether (sulfide) groups is 1. The summed E-state index contributed by atoms with van der Waals surface area (Å²) >= 11 is 3.61. The first-order valence-electron chi connectivity index (χ1n) is 3.48. The number of hydrogen-bond acceptors (Lipinski definition) is 2. The van der Waals surface area contributed by atoms with Gasteiger partial charge in [0, 0.05) is 0 Å². The topological polar surface area (TPSA) is 12.0 Å². The van der Waals surface area contributed by atoms with Crippen LogP contribution >= 0.6 is 11.8 Å². The monoisotopic (exact) mass is 539 g/mol. The third-order valence-electron chi connectivity index (χ3n) is 1.69. The Labute approximate surface area is 103 Å². The van der Waals surface area contributed by atoms with E-state index in [2.05, 4.69) is 23.5 Å². The zero-order valence-electron chi connectivity index (χ0n) is 6.13. The van der Waals surface area contributed by atoms with Gasteiger partial charge in [0.2, 0.25) is 0 Å². The SMILES string of the molecule is [Hg+][c]1cccc2c1N[CH]([Hg+])S2. The van der Waals surface area contributed by atoms with Gasteiger partial charge >= 0.3 is 104 Å². The van der Waals surface area contributed by atoms with Gasteiger partial charge in [-0.3, -0.25) is 0 Å².